The van der Waals surface area contributed by atoms with Gasteiger partial charge in [0.25, 0.3) is 5.91 Å². The summed E-state index contributed by atoms with van der Waals surface area (Å²) < 4.78 is 40.0. The molecule has 2 aromatic carbocycles. The van der Waals surface area contributed by atoms with Crippen molar-refractivity contribution < 1.29 is 23.1 Å². The normalized spacial score (nSPS) is 13.6. The van der Waals surface area contributed by atoms with Crippen molar-refractivity contribution >= 4 is 16.8 Å². The molecule has 3 N–H and O–H groups in total. The first-order valence-corrected chi connectivity index (χ1v) is 7.51. The Hall–Kier alpha value is -2.80. The van der Waals surface area contributed by atoms with Gasteiger partial charge in [-0.15, -0.1) is 0 Å². The van der Waals surface area contributed by atoms with Crippen LogP contribution in [-0.2, 0) is 5.60 Å². The van der Waals surface area contributed by atoms with E-state index in [1.165, 1.54) is 31.2 Å². The van der Waals surface area contributed by atoms with E-state index in [9.17, 15) is 23.1 Å². The highest BCUT2D eigenvalue weighted by Crippen LogP contribution is 2.24. The molecule has 1 amide bonds. The fourth-order valence-electron chi connectivity index (χ4n) is 2.59. The van der Waals surface area contributed by atoms with E-state index in [1.54, 1.807) is 0 Å². The van der Waals surface area contributed by atoms with Gasteiger partial charge in [-0.2, -0.15) is 0 Å². The second-order valence-corrected chi connectivity index (χ2v) is 6.00. The van der Waals surface area contributed by atoms with E-state index < -0.39 is 29.0 Å². The largest absolute Gasteiger partial charge is 0.383 e. The van der Waals surface area contributed by atoms with E-state index in [0.717, 1.165) is 12.1 Å². The highest BCUT2D eigenvalue weighted by molar-refractivity contribution is 5.98. The number of benzene rings is 2. The van der Waals surface area contributed by atoms with Crippen LogP contribution in [0.15, 0.2) is 42.5 Å². The lowest BCUT2D eigenvalue weighted by molar-refractivity contribution is 0.0493. The monoisotopic (exact) mass is 348 g/mol. The second kappa shape index (κ2) is 6.25. The van der Waals surface area contributed by atoms with Crippen LogP contribution in [0, 0.1) is 17.5 Å². The number of aliphatic hydroxyl groups is 1. The minimum absolute atomic E-state index is 0.132. The van der Waals surface area contributed by atoms with Crippen molar-refractivity contribution in [3.05, 3.63) is 71.2 Å². The van der Waals surface area contributed by atoms with Crippen LogP contribution >= 0.6 is 0 Å². The lowest BCUT2D eigenvalue weighted by atomic mass is 9.95. The Balaban J connectivity index is 1.75. The van der Waals surface area contributed by atoms with Crippen LogP contribution in [-0.4, -0.2) is 22.5 Å². The summed E-state index contributed by atoms with van der Waals surface area (Å²) in [4.78, 5) is 15.0. The van der Waals surface area contributed by atoms with Gasteiger partial charge in [-0.1, -0.05) is 6.07 Å². The summed E-state index contributed by atoms with van der Waals surface area (Å²) in [5.41, 5.74) is -1.10. The van der Waals surface area contributed by atoms with Gasteiger partial charge >= 0.3 is 0 Å². The summed E-state index contributed by atoms with van der Waals surface area (Å²) >= 11 is 0. The Morgan fingerprint density at radius 1 is 1.12 bits per heavy atom. The molecule has 25 heavy (non-hydrogen) atoms. The fraction of sp³-hybridized carbons (Fsp3) is 0.167. The van der Waals surface area contributed by atoms with Gasteiger partial charge < -0.3 is 15.4 Å². The van der Waals surface area contributed by atoms with Gasteiger partial charge in [0.1, 0.15) is 28.7 Å². The van der Waals surface area contributed by atoms with Gasteiger partial charge in [0, 0.05) is 22.5 Å². The van der Waals surface area contributed by atoms with Crippen LogP contribution in [0.3, 0.4) is 0 Å². The first-order valence-electron chi connectivity index (χ1n) is 7.51. The van der Waals surface area contributed by atoms with Crippen LogP contribution in [0.5, 0.6) is 0 Å². The highest BCUT2D eigenvalue weighted by Gasteiger charge is 2.28. The summed E-state index contributed by atoms with van der Waals surface area (Å²) in [6.45, 7) is 1.02. The molecule has 0 spiro atoms. The molecule has 0 aliphatic heterocycles. The molecule has 0 saturated carbocycles. The van der Waals surface area contributed by atoms with Crippen molar-refractivity contribution in [3.63, 3.8) is 0 Å². The number of hydrogen-bond donors (Lipinski definition) is 3. The molecule has 0 aliphatic rings. The molecule has 7 heteroatoms. The number of carbonyl (C=O) groups is 1. The average molecular weight is 348 g/mol. The van der Waals surface area contributed by atoms with Crippen molar-refractivity contribution in [2.24, 2.45) is 0 Å². The molecule has 0 radical (unpaired) electrons. The van der Waals surface area contributed by atoms with Gasteiger partial charge in [-0.3, -0.25) is 4.79 Å². The third-order valence-electron chi connectivity index (χ3n) is 3.93. The van der Waals surface area contributed by atoms with E-state index in [1.807, 2.05) is 0 Å². The predicted molar refractivity (Wildman–Crippen MR) is 86.5 cm³/mol. The average Bonchev–Trinajstić information content (AvgIpc) is 2.95. The third-order valence-corrected chi connectivity index (χ3v) is 3.93. The van der Waals surface area contributed by atoms with E-state index in [-0.39, 0.29) is 17.8 Å². The van der Waals surface area contributed by atoms with Crippen molar-refractivity contribution in [1.29, 1.82) is 0 Å². The molecule has 3 aromatic rings. The number of rotatable bonds is 4. The molecule has 0 fully saturated rings. The SMILES string of the molecule is CC(O)(CNC(=O)c1cc2cc(F)ccc2[nH]1)c1ccc(F)cc1F. The van der Waals surface area contributed by atoms with Gasteiger partial charge in [-0.05, 0) is 37.3 Å². The predicted octanol–water partition coefficient (Wildman–Crippen LogP) is 3.22. The summed E-state index contributed by atoms with van der Waals surface area (Å²) in [7, 11) is 0. The molecule has 3 rings (SSSR count). The summed E-state index contributed by atoms with van der Waals surface area (Å²) in [6.07, 6.45) is 0. The van der Waals surface area contributed by atoms with E-state index in [2.05, 4.69) is 10.3 Å². The number of fused-ring (bicyclic) bond motifs is 1. The Bertz CT molecular complexity index is 951. The molecule has 4 nitrogen and oxygen atoms in total. The van der Waals surface area contributed by atoms with Gasteiger partial charge in [0.05, 0.1) is 6.54 Å². The van der Waals surface area contributed by atoms with Crippen LogP contribution in [0.4, 0.5) is 13.2 Å². The summed E-state index contributed by atoms with van der Waals surface area (Å²) in [6, 6.07) is 8.35. The first kappa shape index (κ1) is 17.0. The molecule has 1 aromatic heterocycles. The maximum absolute atomic E-state index is 13.8. The second-order valence-electron chi connectivity index (χ2n) is 6.00. The van der Waals surface area contributed by atoms with Gasteiger partial charge in [-0.25, -0.2) is 13.2 Å². The lowest BCUT2D eigenvalue weighted by Crippen LogP contribution is -2.39. The number of aromatic nitrogens is 1. The van der Waals surface area contributed by atoms with Crippen molar-refractivity contribution in [2.75, 3.05) is 6.54 Å². The minimum Gasteiger partial charge on any atom is -0.383 e. The maximum Gasteiger partial charge on any atom is 0.267 e. The maximum atomic E-state index is 13.8. The van der Waals surface area contributed by atoms with Crippen LogP contribution in [0.25, 0.3) is 10.9 Å². The van der Waals surface area contributed by atoms with Crippen LogP contribution in [0.2, 0.25) is 0 Å². The molecule has 0 aliphatic carbocycles. The Morgan fingerprint density at radius 2 is 1.80 bits per heavy atom. The van der Waals surface area contributed by atoms with Crippen LogP contribution in [0.1, 0.15) is 23.0 Å². The number of aromatic amines is 1. The lowest BCUT2D eigenvalue weighted by Gasteiger charge is -2.24. The van der Waals surface area contributed by atoms with E-state index in [0.29, 0.717) is 17.0 Å². The van der Waals surface area contributed by atoms with Crippen LogP contribution < -0.4 is 5.32 Å². The zero-order chi connectivity index (χ0) is 18.2. The number of nitrogens with one attached hydrogen (secondary N) is 2. The molecule has 0 bridgehead atoms. The number of H-pyrrole nitrogens is 1. The molecule has 1 unspecified atom stereocenters. The number of halogens is 3. The molecule has 0 saturated heterocycles. The van der Waals surface area contributed by atoms with Crippen molar-refractivity contribution in [2.45, 2.75) is 12.5 Å². The smallest absolute Gasteiger partial charge is 0.267 e. The van der Waals surface area contributed by atoms with E-state index >= 15 is 0 Å². The molecule has 1 atom stereocenters. The standard InChI is InChI=1S/C18H15F3N2O2/c1-18(25,13-4-2-12(20)8-14(13)21)9-22-17(24)16-7-10-6-11(19)3-5-15(10)23-16/h2-8,23,25H,9H2,1H3,(H,22,24). The molecular weight excluding hydrogens is 333 g/mol. The number of hydrogen-bond acceptors (Lipinski definition) is 2. The van der Waals surface area contributed by atoms with Crippen molar-refractivity contribution in [3.8, 4) is 0 Å². The molecular formula is C18H15F3N2O2. The Morgan fingerprint density at radius 3 is 2.52 bits per heavy atom. The topological polar surface area (TPSA) is 65.1 Å². The number of carbonyl (C=O) groups excluding carboxylic acids is 1. The summed E-state index contributed by atoms with van der Waals surface area (Å²) in [5.74, 6) is -2.63. The first-order chi connectivity index (χ1) is 11.8. The highest BCUT2D eigenvalue weighted by atomic mass is 19.1. The number of amides is 1. The Kier molecular flexibility index (Phi) is 4.26. The Labute approximate surface area is 141 Å². The van der Waals surface area contributed by atoms with Gasteiger partial charge in [0.2, 0.25) is 0 Å². The summed E-state index contributed by atoms with van der Waals surface area (Å²) in [5, 5.41) is 13.4. The molecule has 1 heterocycles. The van der Waals surface area contributed by atoms with E-state index in [4.69, 9.17) is 0 Å². The zero-order valence-electron chi connectivity index (χ0n) is 13.2. The molecule has 130 valence electrons. The third kappa shape index (κ3) is 3.51. The fourth-order valence-corrected chi connectivity index (χ4v) is 2.59. The quantitative estimate of drug-likeness (QED) is 0.678. The zero-order valence-corrected chi connectivity index (χ0v) is 13.2. The minimum atomic E-state index is -1.73. The van der Waals surface area contributed by atoms with Gasteiger partial charge in [0.15, 0.2) is 0 Å². The van der Waals surface area contributed by atoms with Crippen molar-refractivity contribution in [1.82, 2.24) is 10.3 Å².